The summed E-state index contributed by atoms with van der Waals surface area (Å²) in [4.78, 5) is 2.82. The number of nitrogen functional groups attached to an aromatic ring is 1. The van der Waals surface area contributed by atoms with Crippen molar-refractivity contribution in [1.29, 1.82) is 10.8 Å². The molecule has 0 unspecified atom stereocenters. The number of fused-ring (bicyclic) bond motifs is 1. The van der Waals surface area contributed by atoms with Crippen molar-refractivity contribution in [3.63, 3.8) is 0 Å². The molecule has 1 heterocycles. The standard InChI is InChI=1S/C31H46N4O2S2/c1-6-8-10-14-18-36-25-23-24(30(34)35-29(23)33)26(37-19-15-11-9-7-2)28(27(25)38-20-31(3,4)5)39-22-17-13-12-16-21(22)32/h12-13,16-17H,6-11,14-15,18-20,32H2,1-5H3,(H3,33,34,35). The van der Waals surface area contributed by atoms with E-state index in [1.165, 1.54) is 12.8 Å². The number of thioether (sulfide) groups is 1. The van der Waals surface area contributed by atoms with Gasteiger partial charge in [-0.05, 0) is 30.4 Å². The van der Waals surface area contributed by atoms with Crippen molar-refractivity contribution in [1.82, 2.24) is 5.32 Å². The quantitative estimate of drug-likeness (QED) is 0.0914. The molecule has 0 bridgehead atoms. The Kier molecular flexibility index (Phi) is 11.9. The summed E-state index contributed by atoms with van der Waals surface area (Å²) in [5, 5.41) is 20.5. The van der Waals surface area contributed by atoms with Crippen molar-refractivity contribution < 1.29 is 9.47 Å². The van der Waals surface area contributed by atoms with Crippen LogP contribution in [0.25, 0.3) is 0 Å². The molecule has 1 aliphatic heterocycles. The number of hydrogen-bond acceptors (Lipinski definition) is 7. The molecular formula is C31H46N4O2S2. The number of amidine groups is 2. The molecule has 8 heteroatoms. The van der Waals surface area contributed by atoms with Crippen LogP contribution in [0, 0.1) is 16.2 Å². The number of nitrogens with two attached hydrogens (primary N) is 1. The summed E-state index contributed by atoms with van der Waals surface area (Å²) in [5.41, 5.74) is 8.45. The van der Waals surface area contributed by atoms with E-state index in [9.17, 15) is 0 Å². The van der Waals surface area contributed by atoms with Gasteiger partial charge < -0.3 is 20.5 Å². The summed E-state index contributed by atoms with van der Waals surface area (Å²) in [6, 6.07) is 7.86. The van der Waals surface area contributed by atoms with Crippen molar-refractivity contribution in [2.75, 3.05) is 24.7 Å². The Bertz CT molecular complexity index is 1140. The molecular weight excluding hydrogens is 525 g/mol. The summed E-state index contributed by atoms with van der Waals surface area (Å²) < 4.78 is 13.1. The molecule has 0 aliphatic carbocycles. The number of benzene rings is 2. The number of nitrogens with one attached hydrogen (secondary N) is 3. The minimum atomic E-state index is 0.0788. The largest absolute Gasteiger partial charge is 0.492 e. The normalized spacial score (nSPS) is 12.9. The Morgan fingerprint density at radius 3 is 1.85 bits per heavy atom. The van der Waals surface area contributed by atoms with E-state index in [0.717, 1.165) is 59.0 Å². The highest BCUT2D eigenvalue weighted by atomic mass is 32.2. The Balaban J connectivity index is 2.17. The lowest BCUT2D eigenvalue weighted by atomic mass is 10.0. The second-order valence-corrected chi connectivity index (χ2v) is 13.3. The van der Waals surface area contributed by atoms with E-state index in [1.807, 2.05) is 24.3 Å². The van der Waals surface area contributed by atoms with Crippen molar-refractivity contribution >= 4 is 40.9 Å². The SMILES string of the molecule is CCCCCCOc1c(SCC(C)(C)C)c(Sc2ccccc2N)c(OCCCCCC)c2c1C(=N)NC2=N. The highest BCUT2D eigenvalue weighted by molar-refractivity contribution is 8.02. The van der Waals surface area contributed by atoms with E-state index >= 15 is 0 Å². The summed E-state index contributed by atoms with van der Waals surface area (Å²) in [6.07, 6.45) is 8.77. The Morgan fingerprint density at radius 1 is 0.795 bits per heavy atom. The number of anilines is 1. The van der Waals surface area contributed by atoms with Gasteiger partial charge in [-0.3, -0.25) is 10.8 Å². The van der Waals surface area contributed by atoms with E-state index in [2.05, 4.69) is 39.9 Å². The predicted molar refractivity (Wildman–Crippen MR) is 168 cm³/mol. The fourth-order valence-corrected chi connectivity index (χ4v) is 6.65. The van der Waals surface area contributed by atoms with Gasteiger partial charge in [0.2, 0.25) is 0 Å². The zero-order valence-electron chi connectivity index (χ0n) is 24.3. The smallest absolute Gasteiger partial charge is 0.146 e. The van der Waals surface area contributed by atoms with Crippen LogP contribution < -0.4 is 20.5 Å². The number of unbranched alkanes of at least 4 members (excludes halogenated alkanes) is 6. The third-order valence-corrected chi connectivity index (χ3v) is 9.35. The molecule has 0 spiro atoms. The van der Waals surface area contributed by atoms with Crippen LogP contribution in [-0.4, -0.2) is 30.6 Å². The summed E-state index contributed by atoms with van der Waals surface area (Å²) in [7, 11) is 0. The van der Waals surface area contributed by atoms with Crippen LogP contribution in [0.15, 0.2) is 39.0 Å². The van der Waals surface area contributed by atoms with Gasteiger partial charge in [-0.1, -0.05) is 97.0 Å². The molecule has 0 saturated heterocycles. The molecule has 0 saturated carbocycles. The lowest BCUT2D eigenvalue weighted by Crippen LogP contribution is -2.20. The van der Waals surface area contributed by atoms with Gasteiger partial charge in [0.05, 0.1) is 34.1 Å². The second-order valence-electron chi connectivity index (χ2n) is 11.2. The first-order chi connectivity index (χ1) is 18.7. The number of para-hydroxylation sites is 1. The van der Waals surface area contributed by atoms with Crippen molar-refractivity contribution in [2.24, 2.45) is 5.41 Å². The number of ether oxygens (including phenoxy) is 2. The number of rotatable bonds is 16. The molecule has 2 aromatic rings. The zero-order valence-corrected chi connectivity index (χ0v) is 25.9. The van der Waals surface area contributed by atoms with Gasteiger partial charge in [-0.2, -0.15) is 0 Å². The van der Waals surface area contributed by atoms with Crippen LogP contribution in [0.2, 0.25) is 0 Å². The molecule has 39 heavy (non-hydrogen) atoms. The lowest BCUT2D eigenvalue weighted by molar-refractivity contribution is 0.283. The summed E-state index contributed by atoms with van der Waals surface area (Å²) in [5.74, 6) is 2.59. The third-order valence-electron chi connectivity index (χ3n) is 6.34. The van der Waals surface area contributed by atoms with Crippen LogP contribution in [-0.2, 0) is 0 Å². The van der Waals surface area contributed by atoms with E-state index < -0.39 is 0 Å². The van der Waals surface area contributed by atoms with E-state index in [4.69, 9.17) is 26.0 Å². The zero-order chi connectivity index (χ0) is 28.4. The minimum Gasteiger partial charge on any atom is -0.492 e. The van der Waals surface area contributed by atoms with Crippen molar-refractivity contribution in [2.45, 2.75) is 101 Å². The average molecular weight is 571 g/mol. The van der Waals surface area contributed by atoms with Gasteiger partial charge in [0.1, 0.15) is 23.2 Å². The lowest BCUT2D eigenvalue weighted by Gasteiger charge is -2.25. The van der Waals surface area contributed by atoms with E-state index in [0.29, 0.717) is 41.5 Å². The van der Waals surface area contributed by atoms with Gasteiger partial charge in [-0.15, -0.1) is 11.8 Å². The number of hydrogen-bond donors (Lipinski definition) is 4. The van der Waals surface area contributed by atoms with Crippen LogP contribution in [0.1, 0.15) is 97.1 Å². The Morgan fingerprint density at radius 2 is 1.33 bits per heavy atom. The molecule has 6 nitrogen and oxygen atoms in total. The Labute approximate surface area is 243 Å². The van der Waals surface area contributed by atoms with Crippen molar-refractivity contribution in [3.05, 3.63) is 35.4 Å². The van der Waals surface area contributed by atoms with Crippen molar-refractivity contribution in [3.8, 4) is 11.5 Å². The van der Waals surface area contributed by atoms with Gasteiger partial charge in [0, 0.05) is 16.3 Å². The molecule has 0 aromatic heterocycles. The first-order valence-electron chi connectivity index (χ1n) is 14.3. The second kappa shape index (κ2) is 14.9. The summed E-state index contributed by atoms with van der Waals surface area (Å²) >= 11 is 3.31. The maximum absolute atomic E-state index is 8.77. The molecule has 0 fully saturated rings. The molecule has 1 aliphatic rings. The molecule has 214 valence electrons. The maximum atomic E-state index is 8.77. The van der Waals surface area contributed by atoms with E-state index in [1.54, 1.807) is 23.5 Å². The van der Waals surface area contributed by atoms with Gasteiger partial charge >= 0.3 is 0 Å². The van der Waals surface area contributed by atoms with Crippen LogP contribution in [0.4, 0.5) is 5.69 Å². The molecule has 2 aromatic carbocycles. The average Bonchev–Trinajstić information content (AvgIpc) is 3.18. The predicted octanol–water partition coefficient (Wildman–Crippen LogP) is 8.73. The molecule has 0 atom stereocenters. The summed E-state index contributed by atoms with van der Waals surface area (Å²) in [6.45, 7) is 12.2. The highest BCUT2D eigenvalue weighted by Crippen LogP contribution is 2.53. The fourth-order valence-electron chi connectivity index (χ4n) is 4.26. The van der Waals surface area contributed by atoms with Crippen LogP contribution >= 0.6 is 23.5 Å². The minimum absolute atomic E-state index is 0.0788. The fraction of sp³-hybridized carbons (Fsp3) is 0.548. The highest BCUT2D eigenvalue weighted by Gasteiger charge is 2.36. The monoisotopic (exact) mass is 570 g/mol. The maximum Gasteiger partial charge on any atom is 0.146 e. The van der Waals surface area contributed by atoms with Gasteiger partial charge in [0.25, 0.3) is 0 Å². The van der Waals surface area contributed by atoms with Gasteiger partial charge in [0.15, 0.2) is 0 Å². The third kappa shape index (κ3) is 8.58. The van der Waals surface area contributed by atoms with Crippen LogP contribution in [0.5, 0.6) is 11.5 Å². The van der Waals surface area contributed by atoms with E-state index in [-0.39, 0.29) is 17.1 Å². The molecule has 3 rings (SSSR count). The molecule has 0 radical (unpaired) electrons. The topological polar surface area (TPSA) is 104 Å². The Hall–Kier alpha value is -2.32. The first-order valence-corrected chi connectivity index (χ1v) is 16.1. The van der Waals surface area contributed by atoms with Gasteiger partial charge in [-0.25, -0.2) is 0 Å². The molecule has 0 amide bonds. The molecule has 5 N–H and O–H groups in total. The first kappa shape index (κ1) is 31.2. The van der Waals surface area contributed by atoms with Crippen LogP contribution in [0.3, 0.4) is 0 Å².